The van der Waals surface area contributed by atoms with Crippen LogP contribution in [0.3, 0.4) is 0 Å². The van der Waals surface area contributed by atoms with Gasteiger partial charge in [-0.15, -0.1) is 0 Å². The molecule has 1 aromatic heterocycles. The first kappa shape index (κ1) is 8.26. The number of fused-ring (bicyclic) bond motifs is 1. The lowest BCUT2D eigenvalue weighted by Crippen LogP contribution is -1.87. The normalized spacial score (nSPS) is 10.6. The molecule has 0 saturated heterocycles. The zero-order valence-electron chi connectivity index (χ0n) is 6.47. The second-order valence-corrected chi connectivity index (χ2v) is 3.06. The molecule has 66 valence electrons. The minimum atomic E-state index is -1.48. The molecular formula is C9H5ClFNO. The van der Waals surface area contributed by atoms with Crippen molar-refractivity contribution in [2.45, 2.75) is 0 Å². The second kappa shape index (κ2) is 2.85. The highest BCUT2D eigenvalue weighted by atomic mass is 35.5. The summed E-state index contributed by atoms with van der Waals surface area (Å²) >= 11 is 5.82. The van der Waals surface area contributed by atoms with Gasteiger partial charge < -0.3 is 4.98 Å². The number of H-pyrrole nitrogens is 1. The molecule has 0 saturated carbocycles. The molecule has 2 nitrogen and oxygen atoms in total. The van der Waals surface area contributed by atoms with Crippen LogP contribution in [0.1, 0.15) is 10.5 Å². The van der Waals surface area contributed by atoms with Crippen LogP contribution >= 0.6 is 11.6 Å². The molecule has 0 radical (unpaired) electrons. The summed E-state index contributed by atoms with van der Waals surface area (Å²) in [4.78, 5) is 13.0. The summed E-state index contributed by atoms with van der Waals surface area (Å²) in [5.41, 5.74) is 0.594. The van der Waals surface area contributed by atoms with Gasteiger partial charge in [0.05, 0.1) is 0 Å². The molecule has 0 amide bonds. The Morgan fingerprint density at radius 3 is 2.85 bits per heavy atom. The molecular weight excluding hydrogens is 193 g/mol. The van der Waals surface area contributed by atoms with Crippen LogP contribution in [0.4, 0.5) is 4.39 Å². The molecule has 1 N–H and O–H groups in total. The maximum absolute atomic E-state index is 12.3. The van der Waals surface area contributed by atoms with Crippen molar-refractivity contribution in [3.63, 3.8) is 0 Å². The monoisotopic (exact) mass is 197 g/mol. The van der Waals surface area contributed by atoms with Crippen LogP contribution < -0.4 is 0 Å². The molecule has 2 aromatic rings. The number of carbonyl (C=O) groups is 1. The van der Waals surface area contributed by atoms with E-state index in [2.05, 4.69) is 4.98 Å². The maximum atomic E-state index is 12.3. The largest absolute Gasteiger partial charge is 0.350 e. The van der Waals surface area contributed by atoms with Crippen LogP contribution in [0.15, 0.2) is 24.3 Å². The molecule has 13 heavy (non-hydrogen) atoms. The molecule has 0 aliphatic carbocycles. The van der Waals surface area contributed by atoms with E-state index in [0.29, 0.717) is 15.9 Å². The van der Waals surface area contributed by atoms with E-state index in [1.165, 1.54) is 6.07 Å². The number of halogens is 2. The maximum Gasteiger partial charge on any atom is 0.348 e. The van der Waals surface area contributed by atoms with Gasteiger partial charge in [-0.3, -0.25) is 4.79 Å². The van der Waals surface area contributed by atoms with E-state index >= 15 is 0 Å². The smallest absolute Gasteiger partial charge is 0.348 e. The lowest BCUT2D eigenvalue weighted by molar-refractivity contribution is 0.0831. The van der Waals surface area contributed by atoms with Crippen molar-refractivity contribution in [1.29, 1.82) is 0 Å². The second-order valence-electron chi connectivity index (χ2n) is 2.66. The highest BCUT2D eigenvalue weighted by Gasteiger charge is 2.09. The van der Waals surface area contributed by atoms with Crippen LogP contribution in [0, 0.1) is 0 Å². The van der Waals surface area contributed by atoms with Crippen LogP contribution in [-0.2, 0) is 0 Å². The Morgan fingerprint density at radius 2 is 2.23 bits per heavy atom. The zero-order valence-corrected chi connectivity index (χ0v) is 7.23. The Hall–Kier alpha value is -1.35. The molecule has 0 aliphatic heterocycles. The third-order valence-electron chi connectivity index (χ3n) is 1.82. The molecule has 0 unspecified atom stereocenters. The quantitative estimate of drug-likeness (QED) is 0.701. The van der Waals surface area contributed by atoms with Crippen molar-refractivity contribution in [2.75, 3.05) is 0 Å². The van der Waals surface area contributed by atoms with Crippen LogP contribution in [-0.4, -0.2) is 11.0 Å². The minimum Gasteiger partial charge on any atom is -0.350 e. The summed E-state index contributed by atoms with van der Waals surface area (Å²) < 4.78 is 12.3. The summed E-state index contributed by atoms with van der Waals surface area (Å²) in [5, 5.41) is 1.16. The summed E-state index contributed by atoms with van der Waals surface area (Å²) in [5.74, 6) is 0. The van der Waals surface area contributed by atoms with Gasteiger partial charge in [0.25, 0.3) is 0 Å². The highest BCUT2D eigenvalue weighted by Crippen LogP contribution is 2.24. The van der Waals surface area contributed by atoms with E-state index in [1.54, 1.807) is 18.2 Å². The van der Waals surface area contributed by atoms with Gasteiger partial charge in [0.15, 0.2) is 0 Å². The SMILES string of the molecule is O=C(F)c1cc2c(Cl)cccc2[nH]1. The van der Waals surface area contributed by atoms with E-state index in [0.717, 1.165) is 0 Å². The number of nitrogens with one attached hydrogen (secondary N) is 1. The number of rotatable bonds is 1. The Kier molecular flexibility index (Phi) is 1.81. The van der Waals surface area contributed by atoms with Gasteiger partial charge in [-0.25, -0.2) is 0 Å². The first-order chi connectivity index (χ1) is 6.18. The Morgan fingerprint density at radius 1 is 1.46 bits per heavy atom. The Balaban J connectivity index is 2.75. The van der Waals surface area contributed by atoms with Gasteiger partial charge in [-0.05, 0) is 18.2 Å². The summed E-state index contributed by atoms with van der Waals surface area (Å²) in [6, 6.07) is 5.07. The van der Waals surface area contributed by atoms with E-state index in [9.17, 15) is 9.18 Å². The number of carbonyl (C=O) groups excluding carboxylic acids is 1. The summed E-state index contributed by atoms with van der Waals surface area (Å²) in [6.45, 7) is 0. The number of hydrogen-bond acceptors (Lipinski definition) is 1. The average Bonchev–Trinajstić information content (AvgIpc) is 2.49. The zero-order chi connectivity index (χ0) is 9.42. The number of hydrogen-bond donors (Lipinski definition) is 1. The van der Waals surface area contributed by atoms with Crippen LogP contribution in [0.5, 0.6) is 0 Å². The van der Waals surface area contributed by atoms with E-state index in [4.69, 9.17) is 11.6 Å². The number of aromatic nitrogens is 1. The first-order valence-electron chi connectivity index (χ1n) is 3.65. The summed E-state index contributed by atoms with van der Waals surface area (Å²) in [6.07, 6.45) is 0. The first-order valence-corrected chi connectivity index (χ1v) is 4.03. The van der Waals surface area contributed by atoms with Crippen molar-refractivity contribution in [3.05, 3.63) is 35.0 Å². The van der Waals surface area contributed by atoms with E-state index in [-0.39, 0.29) is 5.69 Å². The molecule has 0 spiro atoms. The molecule has 0 aliphatic rings. The minimum absolute atomic E-state index is 0.0666. The van der Waals surface area contributed by atoms with Gasteiger partial charge in [0, 0.05) is 15.9 Å². The average molecular weight is 198 g/mol. The van der Waals surface area contributed by atoms with Gasteiger partial charge >= 0.3 is 6.04 Å². The Bertz CT molecular complexity index is 477. The van der Waals surface area contributed by atoms with Crippen molar-refractivity contribution >= 4 is 28.5 Å². The fourth-order valence-electron chi connectivity index (χ4n) is 1.22. The molecule has 1 aromatic carbocycles. The van der Waals surface area contributed by atoms with Crippen molar-refractivity contribution in [3.8, 4) is 0 Å². The third kappa shape index (κ3) is 1.31. The lowest BCUT2D eigenvalue weighted by Gasteiger charge is -1.89. The van der Waals surface area contributed by atoms with E-state index in [1.807, 2.05) is 0 Å². The molecule has 4 heteroatoms. The Labute approximate surface area is 78.3 Å². The van der Waals surface area contributed by atoms with Gasteiger partial charge in [-0.2, -0.15) is 4.39 Å². The van der Waals surface area contributed by atoms with Crippen LogP contribution in [0.25, 0.3) is 10.9 Å². The number of benzene rings is 1. The molecule has 0 bridgehead atoms. The van der Waals surface area contributed by atoms with Crippen LogP contribution in [0.2, 0.25) is 5.02 Å². The summed E-state index contributed by atoms with van der Waals surface area (Å²) in [7, 11) is 0. The lowest BCUT2D eigenvalue weighted by atomic mass is 10.2. The fraction of sp³-hybridized carbons (Fsp3) is 0. The molecule has 2 rings (SSSR count). The van der Waals surface area contributed by atoms with Gasteiger partial charge in [0.1, 0.15) is 5.69 Å². The fourth-order valence-corrected chi connectivity index (χ4v) is 1.45. The van der Waals surface area contributed by atoms with Crippen molar-refractivity contribution in [1.82, 2.24) is 4.98 Å². The van der Waals surface area contributed by atoms with Gasteiger partial charge in [0.2, 0.25) is 0 Å². The molecule has 0 atom stereocenters. The predicted molar refractivity (Wildman–Crippen MR) is 48.7 cm³/mol. The molecule has 1 heterocycles. The van der Waals surface area contributed by atoms with E-state index < -0.39 is 6.04 Å². The van der Waals surface area contributed by atoms with Gasteiger partial charge in [-0.1, -0.05) is 17.7 Å². The number of aromatic amines is 1. The molecule has 0 fully saturated rings. The predicted octanol–water partition coefficient (Wildman–Crippen LogP) is 2.93. The standard InChI is InChI=1S/C9H5ClFNO/c10-6-2-1-3-7-5(6)4-8(12-7)9(11)13/h1-4,12H. The third-order valence-corrected chi connectivity index (χ3v) is 2.15. The topological polar surface area (TPSA) is 32.9 Å². The van der Waals surface area contributed by atoms with Crippen molar-refractivity contribution < 1.29 is 9.18 Å². The van der Waals surface area contributed by atoms with Crippen molar-refractivity contribution in [2.24, 2.45) is 0 Å². The highest BCUT2D eigenvalue weighted by molar-refractivity contribution is 6.35.